The van der Waals surface area contributed by atoms with Crippen LogP contribution in [0.5, 0.6) is 5.75 Å². The van der Waals surface area contributed by atoms with Crippen LogP contribution in [0.15, 0.2) is 18.2 Å². The normalized spacial score (nSPS) is 10.0. The molecule has 21 heavy (non-hydrogen) atoms. The fourth-order valence-electron chi connectivity index (χ4n) is 2.50. The zero-order valence-electron chi connectivity index (χ0n) is 13.6. The Morgan fingerprint density at radius 1 is 1.24 bits per heavy atom. The molecule has 0 radical (unpaired) electrons. The van der Waals surface area contributed by atoms with Gasteiger partial charge in [-0.05, 0) is 43.5 Å². The van der Waals surface area contributed by atoms with E-state index in [0.29, 0.717) is 17.2 Å². The molecule has 0 bridgehead atoms. The van der Waals surface area contributed by atoms with E-state index in [9.17, 15) is 5.11 Å². The van der Waals surface area contributed by atoms with Crippen LogP contribution in [0.2, 0.25) is 0 Å². The van der Waals surface area contributed by atoms with Crippen molar-refractivity contribution in [3.63, 3.8) is 0 Å². The molecule has 0 saturated heterocycles. The van der Waals surface area contributed by atoms with Gasteiger partial charge in [-0.15, -0.1) is 0 Å². The van der Waals surface area contributed by atoms with Gasteiger partial charge in [-0.3, -0.25) is 0 Å². The maximum absolute atomic E-state index is 10.0. The largest absolute Gasteiger partial charge is 0.506 e. The number of aromatic hydroxyl groups is 1. The molecule has 0 unspecified atom stereocenters. The molecule has 1 aromatic carbocycles. The highest BCUT2D eigenvalue weighted by Crippen LogP contribution is 2.29. The lowest BCUT2D eigenvalue weighted by molar-refractivity contribution is 0.469. The predicted molar refractivity (Wildman–Crippen MR) is 84.9 cm³/mol. The fraction of sp³-hybridized carbons (Fsp3) is 0.412. The Morgan fingerprint density at radius 3 is 2.29 bits per heavy atom. The van der Waals surface area contributed by atoms with Gasteiger partial charge in [-0.2, -0.15) is 10.4 Å². The molecule has 2 rings (SSSR count). The van der Waals surface area contributed by atoms with Crippen LogP contribution in [0, 0.1) is 25.2 Å². The van der Waals surface area contributed by atoms with Gasteiger partial charge in [0.15, 0.2) is 0 Å². The van der Waals surface area contributed by atoms with Crippen LogP contribution in [0.3, 0.4) is 0 Å². The highest BCUT2D eigenvalue weighted by atomic mass is 16.3. The van der Waals surface area contributed by atoms with Crippen LogP contribution in [0.25, 0.3) is 5.69 Å². The zero-order chi connectivity index (χ0) is 16.2. The van der Waals surface area contributed by atoms with Crippen molar-refractivity contribution in [2.45, 2.75) is 47.5 Å². The van der Waals surface area contributed by atoms with E-state index >= 15 is 0 Å². The molecule has 1 N–H and O–H groups in total. The van der Waals surface area contributed by atoms with E-state index in [-0.39, 0.29) is 5.75 Å². The van der Waals surface area contributed by atoms with Crippen molar-refractivity contribution >= 4 is 0 Å². The molecule has 2 aromatic rings. The molecular weight excluding hydrogens is 262 g/mol. The molecule has 0 aliphatic carbocycles. The SMILES string of the molecule is CC.Cc1nn(-c2ccc(C#N)cc2O)c(C)c1C(C)C. The molecule has 0 aliphatic rings. The number of hydrogen-bond acceptors (Lipinski definition) is 3. The summed E-state index contributed by atoms with van der Waals surface area (Å²) in [6, 6.07) is 6.87. The average molecular weight is 285 g/mol. The van der Waals surface area contributed by atoms with Crippen LogP contribution >= 0.6 is 0 Å². The van der Waals surface area contributed by atoms with E-state index < -0.39 is 0 Å². The number of hydrogen-bond donors (Lipinski definition) is 1. The molecule has 4 heteroatoms. The first-order valence-corrected chi connectivity index (χ1v) is 7.25. The second kappa shape index (κ2) is 6.94. The number of phenols is 1. The Morgan fingerprint density at radius 2 is 1.86 bits per heavy atom. The van der Waals surface area contributed by atoms with Gasteiger partial charge in [0.25, 0.3) is 0 Å². The summed E-state index contributed by atoms with van der Waals surface area (Å²) in [4.78, 5) is 0. The van der Waals surface area contributed by atoms with Crippen LogP contribution in [-0.4, -0.2) is 14.9 Å². The summed E-state index contributed by atoms with van der Waals surface area (Å²) < 4.78 is 1.74. The van der Waals surface area contributed by atoms with Crippen LogP contribution < -0.4 is 0 Å². The van der Waals surface area contributed by atoms with Crippen molar-refractivity contribution in [1.29, 1.82) is 5.26 Å². The highest BCUT2D eigenvalue weighted by molar-refractivity contribution is 5.52. The van der Waals surface area contributed by atoms with E-state index in [1.54, 1.807) is 16.8 Å². The molecule has 1 aromatic heterocycles. The lowest BCUT2D eigenvalue weighted by atomic mass is 10.0. The third kappa shape index (κ3) is 3.25. The van der Waals surface area contributed by atoms with E-state index in [1.807, 2.05) is 33.8 Å². The van der Waals surface area contributed by atoms with Crippen molar-refractivity contribution in [2.24, 2.45) is 0 Å². The van der Waals surface area contributed by atoms with Gasteiger partial charge >= 0.3 is 0 Å². The number of benzene rings is 1. The number of nitriles is 1. The zero-order valence-corrected chi connectivity index (χ0v) is 13.6. The smallest absolute Gasteiger partial charge is 0.142 e. The lowest BCUT2D eigenvalue weighted by Gasteiger charge is -2.09. The minimum absolute atomic E-state index is 0.0694. The molecule has 1 heterocycles. The second-order valence-electron chi connectivity index (χ2n) is 4.97. The first-order chi connectivity index (χ1) is 9.95. The van der Waals surface area contributed by atoms with E-state index in [2.05, 4.69) is 18.9 Å². The second-order valence-corrected chi connectivity index (χ2v) is 4.97. The van der Waals surface area contributed by atoms with Gasteiger partial charge in [-0.25, -0.2) is 4.68 Å². The lowest BCUT2D eigenvalue weighted by Crippen LogP contribution is -2.00. The Labute approximate surface area is 126 Å². The maximum atomic E-state index is 10.0. The van der Waals surface area contributed by atoms with Gasteiger partial charge < -0.3 is 5.11 Å². The summed E-state index contributed by atoms with van der Waals surface area (Å²) in [5.41, 5.74) is 4.23. The molecular formula is C17H23N3O. The average Bonchev–Trinajstić information content (AvgIpc) is 2.75. The summed E-state index contributed by atoms with van der Waals surface area (Å²) >= 11 is 0. The Bertz CT molecular complexity index is 663. The maximum Gasteiger partial charge on any atom is 0.142 e. The molecule has 112 valence electrons. The van der Waals surface area contributed by atoms with E-state index in [4.69, 9.17) is 5.26 Å². The fourth-order valence-corrected chi connectivity index (χ4v) is 2.50. The van der Waals surface area contributed by atoms with Crippen LogP contribution in [0.4, 0.5) is 0 Å². The molecule has 4 nitrogen and oxygen atoms in total. The van der Waals surface area contributed by atoms with Crippen molar-refractivity contribution < 1.29 is 5.11 Å². The summed E-state index contributed by atoms with van der Waals surface area (Å²) in [6.07, 6.45) is 0. The number of aromatic nitrogens is 2. The number of phenolic OH excluding ortho intramolecular Hbond substituents is 1. The molecule has 0 atom stereocenters. The van der Waals surface area contributed by atoms with Crippen LogP contribution in [-0.2, 0) is 0 Å². The predicted octanol–water partition coefficient (Wildman–Crippen LogP) is 4.22. The monoisotopic (exact) mass is 285 g/mol. The topological polar surface area (TPSA) is 61.8 Å². The van der Waals surface area contributed by atoms with Crippen molar-refractivity contribution in [3.05, 3.63) is 40.7 Å². The minimum atomic E-state index is 0.0694. The highest BCUT2D eigenvalue weighted by Gasteiger charge is 2.17. The Kier molecular flexibility index (Phi) is 5.54. The van der Waals surface area contributed by atoms with Gasteiger partial charge in [0.1, 0.15) is 11.4 Å². The van der Waals surface area contributed by atoms with Crippen molar-refractivity contribution in [2.75, 3.05) is 0 Å². The molecule has 0 amide bonds. The summed E-state index contributed by atoms with van der Waals surface area (Å²) in [7, 11) is 0. The summed E-state index contributed by atoms with van der Waals surface area (Å²) in [5, 5.41) is 23.3. The first kappa shape index (κ1) is 16.8. The molecule has 0 fully saturated rings. The van der Waals surface area contributed by atoms with Gasteiger partial charge in [0.2, 0.25) is 0 Å². The first-order valence-electron chi connectivity index (χ1n) is 7.25. The van der Waals surface area contributed by atoms with Crippen molar-refractivity contribution in [1.82, 2.24) is 9.78 Å². The van der Waals surface area contributed by atoms with Gasteiger partial charge in [0, 0.05) is 5.69 Å². The van der Waals surface area contributed by atoms with E-state index in [0.717, 1.165) is 11.4 Å². The minimum Gasteiger partial charge on any atom is -0.506 e. The van der Waals surface area contributed by atoms with Crippen molar-refractivity contribution in [3.8, 4) is 17.5 Å². The Balaban J connectivity index is 0.00000106. The summed E-state index contributed by atoms with van der Waals surface area (Å²) in [6.45, 7) is 12.2. The molecule has 0 spiro atoms. The third-order valence-corrected chi connectivity index (χ3v) is 3.26. The third-order valence-electron chi connectivity index (χ3n) is 3.26. The van der Waals surface area contributed by atoms with E-state index in [1.165, 1.54) is 11.6 Å². The molecule has 0 saturated carbocycles. The Hall–Kier alpha value is -2.28. The number of nitrogens with zero attached hydrogens (tertiary/aromatic N) is 3. The number of rotatable bonds is 2. The van der Waals surface area contributed by atoms with Gasteiger partial charge in [-0.1, -0.05) is 27.7 Å². The summed E-state index contributed by atoms with van der Waals surface area (Å²) in [5.74, 6) is 0.453. The number of aryl methyl sites for hydroxylation is 1. The quantitative estimate of drug-likeness (QED) is 0.898. The van der Waals surface area contributed by atoms with Gasteiger partial charge in [0.05, 0.1) is 17.3 Å². The molecule has 0 aliphatic heterocycles. The van der Waals surface area contributed by atoms with Crippen LogP contribution in [0.1, 0.15) is 56.1 Å². The standard InChI is InChI=1S/C15H17N3O.C2H6/c1-9(2)15-10(3)17-18(11(15)4)13-6-5-12(8-16)7-14(13)19;1-2/h5-7,9,19H,1-4H3;1-2H3.